The summed E-state index contributed by atoms with van der Waals surface area (Å²) in [6.45, 7) is 3.05. The van der Waals surface area contributed by atoms with Crippen LogP contribution in [0.1, 0.15) is 16.8 Å². The summed E-state index contributed by atoms with van der Waals surface area (Å²) in [7, 11) is 0. The van der Waals surface area contributed by atoms with Crippen LogP contribution in [0.5, 0.6) is 5.75 Å². The number of amidine groups is 2. The molecule has 39 heavy (non-hydrogen) atoms. The minimum absolute atomic E-state index is 0.0261. The van der Waals surface area contributed by atoms with E-state index in [1.807, 2.05) is 61.5 Å². The number of para-hydroxylation sites is 1. The Morgan fingerprint density at radius 3 is 2.56 bits per heavy atom. The largest absolute Gasteiger partial charge is 0.492 e. The van der Waals surface area contributed by atoms with E-state index < -0.39 is 5.91 Å². The van der Waals surface area contributed by atoms with Crippen molar-refractivity contribution < 1.29 is 9.53 Å². The van der Waals surface area contributed by atoms with Crippen molar-refractivity contribution in [1.82, 2.24) is 9.58 Å². The quantitative estimate of drug-likeness (QED) is 0.251. The van der Waals surface area contributed by atoms with Crippen LogP contribution in [-0.2, 0) is 11.3 Å². The fraction of sp³-hybridized carbons (Fsp3) is 0.103. The molecule has 2 aliphatic heterocycles. The van der Waals surface area contributed by atoms with E-state index in [2.05, 4.69) is 14.7 Å². The van der Waals surface area contributed by atoms with Crippen molar-refractivity contribution in [3.8, 4) is 5.75 Å². The van der Waals surface area contributed by atoms with Crippen LogP contribution < -0.4 is 4.74 Å². The molecule has 3 aromatic carbocycles. The number of aromatic nitrogens is 1. The number of amides is 1. The van der Waals surface area contributed by atoms with E-state index in [4.69, 9.17) is 33.3 Å². The van der Waals surface area contributed by atoms with Gasteiger partial charge in [-0.3, -0.25) is 10.2 Å². The summed E-state index contributed by atoms with van der Waals surface area (Å²) in [4.78, 5) is 17.4. The summed E-state index contributed by atoms with van der Waals surface area (Å²) >= 11 is 13.6. The van der Waals surface area contributed by atoms with Gasteiger partial charge in [-0.1, -0.05) is 59.6 Å². The van der Waals surface area contributed by atoms with Crippen LogP contribution in [0.25, 0.3) is 17.0 Å². The molecule has 194 valence electrons. The van der Waals surface area contributed by atoms with E-state index in [0.29, 0.717) is 33.4 Å². The van der Waals surface area contributed by atoms with Crippen LogP contribution in [0, 0.1) is 12.3 Å². The Balaban J connectivity index is 1.32. The van der Waals surface area contributed by atoms with Crippen molar-refractivity contribution in [2.24, 2.45) is 10.1 Å². The summed E-state index contributed by atoms with van der Waals surface area (Å²) in [6.07, 6.45) is 1.74. The second-order valence-electron chi connectivity index (χ2n) is 8.88. The molecule has 6 rings (SSSR count). The molecule has 1 amide bonds. The van der Waals surface area contributed by atoms with E-state index in [1.54, 1.807) is 24.3 Å². The second kappa shape index (κ2) is 10.4. The zero-order valence-electron chi connectivity index (χ0n) is 20.7. The summed E-state index contributed by atoms with van der Waals surface area (Å²) in [5, 5.41) is 17.9. The predicted molar refractivity (Wildman–Crippen MR) is 159 cm³/mol. The molecule has 0 bridgehead atoms. The molecule has 0 saturated heterocycles. The van der Waals surface area contributed by atoms with Gasteiger partial charge in [0.2, 0.25) is 5.17 Å². The lowest BCUT2D eigenvalue weighted by Gasteiger charge is -2.20. The number of fused-ring (bicyclic) bond motifs is 2. The molecule has 0 unspecified atom stereocenters. The van der Waals surface area contributed by atoms with Gasteiger partial charge < -0.3 is 9.30 Å². The number of halogens is 2. The van der Waals surface area contributed by atoms with Crippen molar-refractivity contribution in [3.05, 3.63) is 105 Å². The Bertz CT molecular complexity index is 1740. The number of rotatable bonds is 6. The number of aliphatic imine (C=N–C) groups is 1. The smallest absolute Gasteiger partial charge is 0.283 e. The SMILES string of the molecule is Cc1c(/C=C2/C(=N)N3N=C(c4ccccc4Cl)SC3=NC2=O)c2ccccc2n1CCOc1ccc(Cl)cc1. The molecule has 7 nitrogen and oxygen atoms in total. The van der Waals surface area contributed by atoms with Gasteiger partial charge in [0.1, 0.15) is 17.4 Å². The van der Waals surface area contributed by atoms with Crippen molar-refractivity contribution in [2.45, 2.75) is 13.5 Å². The molecule has 0 fully saturated rings. The molecular weight excluding hydrogens is 553 g/mol. The Hall–Kier alpha value is -3.85. The number of hydrogen-bond acceptors (Lipinski definition) is 5. The molecule has 0 atom stereocenters. The van der Waals surface area contributed by atoms with Gasteiger partial charge in [-0.05, 0) is 61.2 Å². The first kappa shape index (κ1) is 25.4. The molecule has 3 heterocycles. The van der Waals surface area contributed by atoms with Gasteiger partial charge in [0.05, 0.1) is 17.1 Å². The van der Waals surface area contributed by atoms with Crippen LogP contribution >= 0.6 is 35.0 Å². The van der Waals surface area contributed by atoms with Crippen LogP contribution in [-0.4, -0.2) is 38.1 Å². The fourth-order valence-corrected chi connectivity index (χ4v) is 5.93. The predicted octanol–water partition coefficient (Wildman–Crippen LogP) is 7.00. The number of nitrogens with one attached hydrogen (secondary N) is 1. The monoisotopic (exact) mass is 573 g/mol. The van der Waals surface area contributed by atoms with E-state index >= 15 is 0 Å². The van der Waals surface area contributed by atoms with Crippen LogP contribution in [0.2, 0.25) is 10.0 Å². The maximum Gasteiger partial charge on any atom is 0.283 e. The van der Waals surface area contributed by atoms with E-state index in [-0.39, 0.29) is 11.4 Å². The second-order valence-corrected chi connectivity index (χ2v) is 10.7. The third-order valence-corrected chi connectivity index (χ3v) is 8.05. The summed E-state index contributed by atoms with van der Waals surface area (Å²) in [5.74, 6) is 0.240. The zero-order valence-corrected chi connectivity index (χ0v) is 23.0. The summed E-state index contributed by atoms with van der Waals surface area (Å²) in [6, 6.07) is 22.6. The first-order valence-corrected chi connectivity index (χ1v) is 13.7. The van der Waals surface area contributed by atoms with Gasteiger partial charge in [0.15, 0.2) is 5.84 Å². The average Bonchev–Trinajstić information content (AvgIpc) is 3.47. The highest BCUT2D eigenvalue weighted by molar-refractivity contribution is 8.27. The third kappa shape index (κ3) is 4.76. The van der Waals surface area contributed by atoms with Crippen molar-refractivity contribution >= 4 is 73.9 Å². The summed E-state index contributed by atoms with van der Waals surface area (Å²) < 4.78 is 8.09. The van der Waals surface area contributed by atoms with Gasteiger partial charge in [-0.25, -0.2) is 0 Å². The molecule has 4 aromatic rings. The molecule has 0 aliphatic carbocycles. The molecule has 1 aromatic heterocycles. The standard InChI is InChI=1S/C29H21Cl2N5O2S/c1-17-22(20-6-3-5-9-25(20)35(17)14-15-38-19-12-10-18(30)11-13-19)16-23-26(32)36-29(33-27(23)37)39-28(34-36)21-7-2-4-8-24(21)31/h2-13,16,32H,14-15H2,1H3/b23-16-,32-26?. The molecular formula is C29H21Cl2N5O2S. The Kier molecular flexibility index (Phi) is 6.76. The Morgan fingerprint density at radius 1 is 1.03 bits per heavy atom. The number of carbonyl (C=O) groups is 1. The van der Waals surface area contributed by atoms with E-state index in [9.17, 15) is 4.79 Å². The third-order valence-electron chi connectivity index (χ3n) is 6.52. The normalized spacial score (nSPS) is 16.1. The average molecular weight is 574 g/mol. The van der Waals surface area contributed by atoms with Gasteiger partial charge >= 0.3 is 0 Å². The lowest BCUT2D eigenvalue weighted by molar-refractivity contribution is -0.114. The molecule has 1 N–H and O–H groups in total. The zero-order chi connectivity index (χ0) is 27.1. The fourth-order valence-electron chi connectivity index (χ4n) is 4.59. The minimum atomic E-state index is -0.475. The van der Waals surface area contributed by atoms with Gasteiger partial charge in [-0.2, -0.15) is 15.1 Å². The highest BCUT2D eigenvalue weighted by Gasteiger charge is 2.36. The van der Waals surface area contributed by atoms with Gasteiger partial charge in [0, 0.05) is 32.7 Å². The lowest BCUT2D eigenvalue weighted by atomic mass is 10.1. The maximum atomic E-state index is 13.1. The lowest BCUT2D eigenvalue weighted by Crippen LogP contribution is -2.35. The molecule has 0 saturated carbocycles. The van der Waals surface area contributed by atoms with E-state index in [0.717, 1.165) is 33.5 Å². The van der Waals surface area contributed by atoms with Crippen molar-refractivity contribution in [2.75, 3.05) is 6.61 Å². The van der Waals surface area contributed by atoms with E-state index in [1.165, 1.54) is 16.8 Å². The number of benzene rings is 3. The first-order valence-electron chi connectivity index (χ1n) is 12.1. The molecule has 10 heteroatoms. The number of nitrogens with zero attached hydrogens (tertiary/aromatic N) is 4. The Morgan fingerprint density at radius 2 is 1.77 bits per heavy atom. The number of carbonyl (C=O) groups excluding carboxylic acids is 1. The Labute approximate surface area is 238 Å². The van der Waals surface area contributed by atoms with Gasteiger partial charge in [0.25, 0.3) is 5.91 Å². The highest BCUT2D eigenvalue weighted by Crippen LogP contribution is 2.34. The maximum absolute atomic E-state index is 13.1. The number of hydrazone groups is 1. The molecule has 0 spiro atoms. The van der Waals surface area contributed by atoms with Crippen LogP contribution in [0.15, 0.2) is 88.5 Å². The highest BCUT2D eigenvalue weighted by atomic mass is 35.5. The molecule has 2 aliphatic rings. The van der Waals surface area contributed by atoms with Gasteiger partial charge in [-0.15, -0.1) is 0 Å². The number of ether oxygens (including phenoxy) is 1. The topological polar surface area (TPSA) is 83.0 Å². The summed E-state index contributed by atoms with van der Waals surface area (Å²) in [5.41, 5.74) is 3.72. The van der Waals surface area contributed by atoms with Crippen molar-refractivity contribution in [1.29, 1.82) is 5.41 Å². The molecule has 0 radical (unpaired) electrons. The number of hydrogen-bond donors (Lipinski definition) is 1. The van der Waals surface area contributed by atoms with Crippen LogP contribution in [0.3, 0.4) is 0 Å². The van der Waals surface area contributed by atoms with Crippen LogP contribution in [0.4, 0.5) is 0 Å². The number of thioether (sulfide) groups is 1. The minimum Gasteiger partial charge on any atom is -0.492 e. The van der Waals surface area contributed by atoms with Crippen molar-refractivity contribution in [3.63, 3.8) is 0 Å². The first-order chi connectivity index (χ1) is 18.9.